The van der Waals surface area contributed by atoms with E-state index in [0.717, 1.165) is 24.1 Å². The molecule has 1 fully saturated rings. The normalized spacial score (nSPS) is 15.8. The van der Waals surface area contributed by atoms with E-state index < -0.39 is 0 Å². The molecule has 0 saturated heterocycles. The molecule has 0 aliphatic heterocycles. The second-order valence-electron chi connectivity index (χ2n) is 5.28. The molecule has 0 radical (unpaired) electrons. The molecule has 1 unspecified atom stereocenters. The van der Waals surface area contributed by atoms with E-state index in [-0.39, 0.29) is 11.2 Å². The van der Waals surface area contributed by atoms with Gasteiger partial charge in [-0.25, -0.2) is 0 Å². The Labute approximate surface area is 130 Å². The first-order valence-corrected chi connectivity index (χ1v) is 8.49. The van der Waals surface area contributed by atoms with E-state index in [1.165, 1.54) is 24.6 Å². The highest BCUT2D eigenvalue weighted by atomic mass is 32.2. The summed E-state index contributed by atoms with van der Waals surface area (Å²) in [5.74, 6) is 1.74. The summed E-state index contributed by atoms with van der Waals surface area (Å²) in [7, 11) is 0. The van der Waals surface area contributed by atoms with Crippen molar-refractivity contribution >= 4 is 17.7 Å². The molecule has 21 heavy (non-hydrogen) atoms. The van der Waals surface area contributed by atoms with Crippen LogP contribution in [0.2, 0.25) is 0 Å². The molecule has 6 heteroatoms. The summed E-state index contributed by atoms with van der Waals surface area (Å²) in [5.41, 5.74) is 0. The van der Waals surface area contributed by atoms with Crippen LogP contribution in [0.1, 0.15) is 45.4 Å². The molecule has 1 atom stereocenters. The van der Waals surface area contributed by atoms with Crippen molar-refractivity contribution in [3.8, 4) is 0 Å². The van der Waals surface area contributed by atoms with Crippen LogP contribution < -0.4 is 0 Å². The molecular formula is C15H24N4OS. The zero-order valence-corrected chi connectivity index (χ0v) is 13.9. The molecule has 1 amide bonds. The molecule has 116 valence electrons. The number of carbonyl (C=O) groups excluding carboxylic acids is 1. The molecule has 1 aliphatic rings. The number of nitrogens with zero attached hydrogens (tertiary/aromatic N) is 4. The third-order valence-corrected chi connectivity index (χ3v) is 4.77. The molecule has 1 heterocycles. The first-order valence-electron chi connectivity index (χ1n) is 7.61. The second kappa shape index (κ2) is 7.11. The van der Waals surface area contributed by atoms with Crippen LogP contribution in [0.4, 0.5) is 0 Å². The third-order valence-electron chi connectivity index (χ3n) is 3.70. The Hall–Kier alpha value is -1.30. The first-order chi connectivity index (χ1) is 10.1. The SMILES string of the molecule is C=CCn1c(SC(C)C(=O)N(CC)CC)nnc1C1CC1. The molecule has 1 aromatic rings. The lowest BCUT2D eigenvalue weighted by Crippen LogP contribution is -2.36. The van der Waals surface area contributed by atoms with Crippen LogP contribution in [0.5, 0.6) is 0 Å². The van der Waals surface area contributed by atoms with Gasteiger partial charge in [0, 0.05) is 25.6 Å². The smallest absolute Gasteiger partial charge is 0.235 e. The van der Waals surface area contributed by atoms with Crippen molar-refractivity contribution in [1.82, 2.24) is 19.7 Å². The Morgan fingerprint density at radius 3 is 2.67 bits per heavy atom. The van der Waals surface area contributed by atoms with E-state index in [2.05, 4.69) is 21.3 Å². The lowest BCUT2D eigenvalue weighted by atomic mass is 10.4. The number of amides is 1. The second-order valence-corrected chi connectivity index (χ2v) is 6.59. The predicted octanol–water partition coefficient (Wildman–Crippen LogP) is 2.69. The number of aromatic nitrogens is 3. The zero-order chi connectivity index (χ0) is 15.4. The zero-order valence-electron chi connectivity index (χ0n) is 13.1. The molecule has 0 bridgehead atoms. The first kappa shape index (κ1) is 16.1. The number of carbonyl (C=O) groups is 1. The van der Waals surface area contributed by atoms with Gasteiger partial charge in [0.2, 0.25) is 5.91 Å². The van der Waals surface area contributed by atoms with Crippen LogP contribution in [0.3, 0.4) is 0 Å². The third kappa shape index (κ3) is 3.67. The topological polar surface area (TPSA) is 51.0 Å². The number of hydrogen-bond donors (Lipinski definition) is 0. The highest BCUT2D eigenvalue weighted by Gasteiger charge is 2.31. The minimum Gasteiger partial charge on any atom is -0.342 e. The fraction of sp³-hybridized carbons (Fsp3) is 0.667. The van der Waals surface area contributed by atoms with Gasteiger partial charge in [-0.2, -0.15) is 0 Å². The van der Waals surface area contributed by atoms with Crippen LogP contribution in [0.15, 0.2) is 17.8 Å². The fourth-order valence-corrected chi connectivity index (χ4v) is 3.28. The van der Waals surface area contributed by atoms with Crippen LogP contribution in [-0.4, -0.2) is 43.9 Å². The van der Waals surface area contributed by atoms with E-state index in [4.69, 9.17) is 0 Å². The number of thioether (sulfide) groups is 1. The van der Waals surface area contributed by atoms with Gasteiger partial charge in [0.25, 0.3) is 0 Å². The Kier molecular flexibility index (Phi) is 5.45. The van der Waals surface area contributed by atoms with Crippen molar-refractivity contribution in [2.24, 2.45) is 0 Å². The van der Waals surface area contributed by atoms with Gasteiger partial charge in [0.05, 0.1) is 5.25 Å². The Balaban J connectivity index is 2.11. The molecule has 1 aliphatic carbocycles. The summed E-state index contributed by atoms with van der Waals surface area (Å²) >= 11 is 1.49. The van der Waals surface area contributed by atoms with Crippen molar-refractivity contribution in [2.45, 2.75) is 56.5 Å². The maximum atomic E-state index is 12.4. The van der Waals surface area contributed by atoms with Gasteiger partial charge in [0.1, 0.15) is 5.82 Å². The van der Waals surface area contributed by atoms with Gasteiger partial charge in [0.15, 0.2) is 5.16 Å². The molecule has 0 spiro atoms. The molecular weight excluding hydrogens is 284 g/mol. The molecule has 1 saturated carbocycles. The summed E-state index contributed by atoms with van der Waals surface area (Å²) in [6.07, 6.45) is 4.23. The van der Waals surface area contributed by atoms with Crippen LogP contribution in [0, 0.1) is 0 Å². The molecule has 0 aromatic carbocycles. The molecule has 0 N–H and O–H groups in total. The minimum atomic E-state index is -0.148. The van der Waals surface area contributed by atoms with Crippen LogP contribution in [-0.2, 0) is 11.3 Å². The largest absolute Gasteiger partial charge is 0.342 e. The number of hydrogen-bond acceptors (Lipinski definition) is 4. The summed E-state index contributed by atoms with van der Waals surface area (Å²) in [6, 6.07) is 0. The van der Waals surface area contributed by atoms with Gasteiger partial charge >= 0.3 is 0 Å². The minimum absolute atomic E-state index is 0.148. The van der Waals surface area contributed by atoms with E-state index in [9.17, 15) is 4.79 Å². The van der Waals surface area contributed by atoms with Gasteiger partial charge in [-0.05, 0) is 33.6 Å². The fourth-order valence-electron chi connectivity index (χ4n) is 2.33. The maximum absolute atomic E-state index is 12.4. The van der Waals surface area contributed by atoms with E-state index >= 15 is 0 Å². The van der Waals surface area contributed by atoms with E-state index in [1.54, 1.807) is 0 Å². The van der Waals surface area contributed by atoms with Crippen molar-refractivity contribution in [3.05, 3.63) is 18.5 Å². The van der Waals surface area contributed by atoms with E-state index in [1.807, 2.05) is 31.7 Å². The van der Waals surface area contributed by atoms with Gasteiger partial charge < -0.3 is 9.47 Å². The summed E-state index contributed by atoms with van der Waals surface area (Å²) < 4.78 is 2.10. The molecule has 2 rings (SSSR count). The maximum Gasteiger partial charge on any atom is 0.235 e. The summed E-state index contributed by atoms with van der Waals surface area (Å²) in [4.78, 5) is 14.2. The Bertz CT molecular complexity index is 506. The average molecular weight is 308 g/mol. The molecule has 5 nitrogen and oxygen atoms in total. The van der Waals surface area contributed by atoms with Crippen molar-refractivity contribution in [2.75, 3.05) is 13.1 Å². The van der Waals surface area contributed by atoms with Crippen LogP contribution in [0.25, 0.3) is 0 Å². The number of allylic oxidation sites excluding steroid dienone is 1. The highest BCUT2D eigenvalue weighted by molar-refractivity contribution is 8.00. The van der Waals surface area contributed by atoms with Gasteiger partial charge in [-0.15, -0.1) is 16.8 Å². The highest BCUT2D eigenvalue weighted by Crippen LogP contribution is 2.40. The predicted molar refractivity (Wildman–Crippen MR) is 85.4 cm³/mol. The quantitative estimate of drug-likeness (QED) is 0.547. The van der Waals surface area contributed by atoms with E-state index in [0.29, 0.717) is 12.5 Å². The van der Waals surface area contributed by atoms with Gasteiger partial charge in [-0.1, -0.05) is 17.8 Å². The Morgan fingerprint density at radius 2 is 2.14 bits per heavy atom. The number of rotatable bonds is 8. The molecule has 1 aromatic heterocycles. The average Bonchev–Trinajstić information content (AvgIpc) is 3.25. The summed E-state index contributed by atoms with van der Waals surface area (Å²) in [6.45, 7) is 11.9. The monoisotopic (exact) mass is 308 g/mol. The van der Waals surface area contributed by atoms with Crippen molar-refractivity contribution in [1.29, 1.82) is 0 Å². The van der Waals surface area contributed by atoms with Gasteiger partial charge in [-0.3, -0.25) is 4.79 Å². The standard InChI is InChI=1S/C15H24N4OS/c1-5-10-19-13(12-8-9-12)16-17-15(19)21-11(4)14(20)18(6-2)7-3/h5,11-12H,1,6-10H2,2-4H3. The Morgan fingerprint density at radius 1 is 1.48 bits per heavy atom. The lowest BCUT2D eigenvalue weighted by Gasteiger charge is -2.22. The lowest BCUT2D eigenvalue weighted by molar-refractivity contribution is -0.129. The van der Waals surface area contributed by atoms with Crippen LogP contribution >= 0.6 is 11.8 Å². The van der Waals surface area contributed by atoms with Crippen molar-refractivity contribution < 1.29 is 4.79 Å². The van der Waals surface area contributed by atoms with Crippen molar-refractivity contribution in [3.63, 3.8) is 0 Å². The summed E-state index contributed by atoms with van der Waals surface area (Å²) in [5, 5.41) is 9.28.